The minimum absolute atomic E-state index is 0.0521. The first-order valence-corrected chi connectivity index (χ1v) is 13.9. The van der Waals surface area contributed by atoms with Gasteiger partial charge >= 0.3 is 0 Å². The molecule has 2 rings (SSSR count). The third-order valence-electron chi connectivity index (χ3n) is 5.23. The summed E-state index contributed by atoms with van der Waals surface area (Å²) in [6.07, 6.45) is 4.26. The van der Waals surface area contributed by atoms with Crippen molar-refractivity contribution in [2.45, 2.75) is 64.3 Å². The molecule has 0 saturated heterocycles. The van der Waals surface area contributed by atoms with Crippen LogP contribution in [-0.4, -0.2) is 42.0 Å². The van der Waals surface area contributed by atoms with Gasteiger partial charge in [0.25, 0.3) is 5.91 Å². The average molecular weight is 558 g/mol. The van der Waals surface area contributed by atoms with Gasteiger partial charge in [-0.15, -0.1) is 11.8 Å². The highest BCUT2D eigenvalue weighted by molar-refractivity contribution is 7.99. The van der Waals surface area contributed by atoms with E-state index in [-0.39, 0.29) is 35.0 Å². The van der Waals surface area contributed by atoms with E-state index < -0.39 is 18.0 Å². The lowest BCUT2D eigenvalue weighted by atomic mass is 10.0. The number of halogens is 2. The smallest absolute Gasteiger partial charge is 0.258 e. The number of unbranched alkanes of at least 4 members (excludes halogenated alkanes) is 1. The number of furan rings is 1. The van der Waals surface area contributed by atoms with E-state index in [1.807, 2.05) is 26.8 Å². The molecule has 2 unspecified atom stereocenters. The maximum absolute atomic E-state index is 13.1. The van der Waals surface area contributed by atoms with Gasteiger partial charge in [-0.2, -0.15) is 0 Å². The molecule has 198 valence electrons. The lowest BCUT2D eigenvalue weighted by molar-refractivity contribution is -0.132. The first-order chi connectivity index (χ1) is 17.2. The van der Waals surface area contributed by atoms with Gasteiger partial charge in [0.05, 0.1) is 28.8 Å². The molecule has 36 heavy (non-hydrogen) atoms. The Bertz CT molecular complexity index is 985. The Morgan fingerprint density at radius 2 is 1.89 bits per heavy atom. The summed E-state index contributed by atoms with van der Waals surface area (Å²) in [6.45, 7) is 5.64. The highest BCUT2D eigenvalue weighted by Crippen LogP contribution is 2.27. The van der Waals surface area contributed by atoms with Crippen LogP contribution in [0, 0.1) is 5.92 Å². The molecule has 0 aliphatic carbocycles. The Balaban J connectivity index is 1.96. The number of hydrogen-bond acceptors (Lipinski definition) is 6. The number of amides is 2. The van der Waals surface area contributed by atoms with Crippen LogP contribution in [0.3, 0.4) is 0 Å². The lowest BCUT2D eigenvalue weighted by Crippen LogP contribution is -2.53. The Kier molecular flexibility index (Phi) is 13.2. The lowest BCUT2D eigenvalue weighted by Gasteiger charge is -2.24. The number of carbonyl (C=O) groups is 3. The quantitative estimate of drug-likeness (QED) is 0.276. The van der Waals surface area contributed by atoms with E-state index in [9.17, 15) is 14.4 Å². The molecule has 1 heterocycles. The molecule has 1 aromatic carbocycles. The molecule has 0 aliphatic rings. The van der Waals surface area contributed by atoms with E-state index in [4.69, 9.17) is 32.4 Å². The van der Waals surface area contributed by atoms with Crippen molar-refractivity contribution in [1.82, 2.24) is 10.6 Å². The predicted molar refractivity (Wildman–Crippen MR) is 145 cm³/mol. The van der Waals surface area contributed by atoms with Crippen LogP contribution in [0.4, 0.5) is 0 Å². The first kappa shape index (κ1) is 30.1. The fourth-order valence-electron chi connectivity index (χ4n) is 3.42. The number of benzene rings is 1. The second-order valence-corrected chi connectivity index (χ2v) is 10.7. The molecular formula is C26H34Cl2N2O5S. The van der Waals surface area contributed by atoms with Crippen LogP contribution < -0.4 is 15.4 Å². The highest BCUT2D eigenvalue weighted by atomic mass is 35.5. The third kappa shape index (κ3) is 10.8. The summed E-state index contributed by atoms with van der Waals surface area (Å²) in [7, 11) is 0. The zero-order chi connectivity index (χ0) is 26.5. The largest absolute Gasteiger partial charge is 0.482 e. The van der Waals surface area contributed by atoms with Gasteiger partial charge in [-0.05, 0) is 49.1 Å². The Morgan fingerprint density at radius 3 is 2.53 bits per heavy atom. The second-order valence-electron chi connectivity index (χ2n) is 8.85. The number of hydrogen-bond donors (Lipinski definition) is 2. The topological polar surface area (TPSA) is 97.6 Å². The summed E-state index contributed by atoms with van der Waals surface area (Å²) in [5.74, 6) is 1.19. The monoisotopic (exact) mass is 556 g/mol. The molecule has 0 saturated carbocycles. The SMILES string of the molecule is CCCCC(NC(=O)C(CC(C)C)NC(=O)COc1ccc(Cl)cc1Cl)C(=O)CSCc1ccco1. The zero-order valence-electron chi connectivity index (χ0n) is 20.9. The normalized spacial score (nSPS) is 12.7. The summed E-state index contributed by atoms with van der Waals surface area (Å²) >= 11 is 13.4. The molecular weight excluding hydrogens is 523 g/mol. The standard InChI is InChI=1S/C26H34Cl2N2O5S/c1-4-5-8-21(23(31)16-36-15-19-7-6-11-34-19)30-26(33)22(12-17(2)3)29-25(32)14-35-24-10-9-18(27)13-20(24)28/h6-7,9-11,13,17,21-22H,4-5,8,12,14-16H2,1-3H3,(H,29,32)(H,30,33). The number of rotatable bonds is 16. The molecule has 0 spiro atoms. The average Bonchev–Trinajstić information content (AvgIpc) is 3.33. The van der Waals surface area contributed by atoms with E-state index in [0.29, 0.717) is 29.4 Å². The molecule has 7 nitrogen and oxygen atoms in total. The summed E-state index contributed by atoms with van der Waals surface area (Å²) in [5, 5.41) is 6.36. The van der Waals surface area contributed by atoms with E-state index in [1.165, 1.54) is 17.8 Å². The molecule has 10 heteroatoms. The van der Waals surface area contributed by atoms with Crippen molar-refractivity contribution < 1.29 is 23.5 Å². The van der Waals surface area contributed by atoms with Crippen LogP contribution in [0.5, 0.6) is 5.75 Å². The fourth-order valence-corrected chi connectivity index (χ4v) is 4.75. The number of ketones is 1. The molecule has 2 N–H and O–H groups in total. The van der Waals surface area contributed by atoms with Crippen LogP contribution in [0.2, 0.25) is 10.0 Å². The van der Waals surface area contributed by atoms with Gasteiger partial charge in [0.15, 0.2) is 12.4 Å². The third-order valence-corrected chi connectivity index (χ3v) is 6.74. The fraction of sp³-hybridized carbons (Fsp3) is 0.500. The summed E-state index contributed by atoms with van der Waals surface area (Å²) in [5.41, 5.74) is 0. The van der Waals surface area contributed by atoms with Crippen molar-refractivity contribution in [2.24, 2.45) is 5.92 Å². The van der Waals surface area contributed by atoms with Gasteiger partial charge in [-0.25, -0.2) is 0 Å². The van der Waals surface area contributed by atoms with Crippen LogP contribution in [0.15, 0.2) is 41.0 Å². The first-order valence-electron chi connectivity index (χ1n) is 12.0. The minimum Gasteiger partial charge on any atom is -0.482 e. The number of carbonyl (C=O) groups excluding carboxylic acids is 3. The van der Waals surface area contributed by atoms with Crippen LogP contribution in [-0.2, 0) is 20.1 Å². The van der Waals surface area contributed by atoms with E-state index in [2.05, 4.69) is 10.6 Å². The molecule has 2 atom stereocenters. The van der Waals surface area contributed by atoms with Crippen LogP contribution in [0.25, 0.3) is 0 Å². The van der Waals surface area contributed by atoms with Crippen molar-refractivity contribution in [3.63, 3.8) is 0 Å². The number of ether oxygens (including phenoxy) is 1. The van der Waals surface area contributed by atoms with E-state index >= 15 is 0 Å². The number of thioether (sulfide) groups is 1. The van der Waals surface area contributed by atoms with Crippen molar-refractivity contribution in [3.8, 4) is 5.75 Å². The van der Waals surface area contributed by atoms with Gasteiger partial charge in [-0.3, -0.25) is 14.4 Å². The highest BCUT2D eigenvalue weighted by Gasteiger charge is 2.27. The number of Topliss-reactive ketones (excluding diaryl/α,β-unsaturated/α-hetero) is 1. The molecule has 1 aromatic heterocycles. The Hall–Kier alpha value is -2.16. The van der Waals surface area contributed by atoms with Gasteiger partial charge in [0.2, 0.25) is 5.91 Å². The van der Waals surface area contributed by atoms with Gasteiger partial charge in [0.1, 0.15) is 17.6 Å². The maximum atomic E-state index is 13.1. The molecule has 0 aliphatic heterocycles. The Morgan fingerprint density at radius 1 is 1.11 bits per heavy atom. The van der Waals surface area contributed by atoms with Crippen molar-refractivity contribution in [2.75, 3.05) is 12.4 Å². The van der Waals surface area contributed by atoms with Crippen molar-refractivity contribution in [1.29, 1.82) is 0 Å². The van der Waals surface area contributed by atoms with Crippen LogP contribution >= 0.6 is 35.0 Å². The van der Waals surface area contributed by atoms with E-state index in [1.54, 1.807) is 24.5 Å². The predicted octanol–water partition coefficient (Wildman–Crippen LogP) is 5.67. The van der Waals surface area contributed by atoms with Crippen molar-refractivity contribution in [3.05, 3.63) is 52.4 Å². The summed E-state index contributed by atoms with van der Waals surface area (Å²) in [4.78, 5) is 38.6. The molecule has 0 fully saturated rings. The zero-order valence-corrected chi connectivity index (χ0v) is 23.2. The van der Waals surface area contributed by atoms with Crippen molar-refractivity contribution >= 4 is 52.6 Å². The molecule has 0 radical (unpaired) electrons. The maximum Gasteiger partial charge on any atom is 0.258 e. The van der Waals surface area contributed by atoms with Gasteiger partial charge in [-0.1, -0.05) is 56.8 Å². The summed E-state index contributed by atoms with van der Waals surface area (Å²) in [6, 6.07) is 6.95. The van der Waals surface area contributed by atoms with Gasteiger partial charge in [0, 0.05) is 5.02 Å². The van der Waals surface area contributed by atoms with Gasteiger partial charge < -0.3 is 19.8 Å². The van der Waals surface area contributed by atoms with E-state index in [0.717, 1.165) is 18.6 Å². The molecule has 2 amide bonds. The molecule has 2 aromatic rings. The molecule has 0 bridgehead atoms. The second kappa shape index (κ2) is 15.8. The minimum atomic E-state index is -0.797. The summed E-state index contributed by atoms with van der Waals surface area (Å²) < 4.78 is 10.8. The number of nitrogens with one attached hydrogen (secondary N) is 2. The Labute approximate surface area is 227 Å². The van der Waals surface area contributed by atoms with Crippen LogP contribution in [0.1, 0.15) is 52.2 Å².